The van der Waals surface area contributed by atoms with Crippen LogP contribution in [-0.4, -0.2) is 30.5 Å². The fraction of sp³-hybridized carbons (Fsp3) is 0.571. The lowest BCUT2D eigenvalue weighted by atomic mass is 9.96. The van der Waals surface area contributed by atoms with Gasteiger partial charge in [0.2, 0.25) is 5.91 Å². The molecule has 1 saturated heterocycles. The number of aromatic nitrogens is 1. The first-order valence-corrected chi connectivity index (χ1v) is 6.71. The van der Waals surface area contributed by atoms with Gasteiger partial charge in [-0.15, -0.1) is 12.4 Å². The average Bonchev–Trinajstić information content (AvgIpc) is 2.41. The zero-order valence-electron chi connectivity index (χ0n) is 11.1. The summed E-state index contributed by atoms with van der Waals surface area (Å²) in [6, 6.07) is 3.79. The van der Waals surface area contributed by atoms with Crippen molar-refractivity contribution in [3.05, 3.63) is 30.1 Å². The molecule has 2 rings (SSSR count). The molecule has 19 heavy (non-hydrogen) atoms. The Bertz CT molecular complexity index is 366. The van der Waals surface area contributed by atoms with E-state index >= 15 is 0 Å². The number of pyridine rings is 1. The van der Waals surface area contributed by atoms with E-state index in [1.165, 1.54) is 12.8 Å². The average molecular weight is 284 g/mol. The van der Waals surface area contributed by atoms with Gasteiger partial charge in [0.1, 0.15) is 0 Å². The molecular weight excluding hydrogens is 262 g/mol. The third kappa shape index (κ3) is 6.03. The number of hydrogen-bond donors (Lipinski definition) is 2. The highest BCUT2D eigenvalue weighted by Crippen LogP contribution is 2.12. The number of carbonyl (C=O) groups is 1. The Morgan fingerprint density at radius 1 is 1.53 bits per heavy atom. The van der Waals surface area contributed by atoms with Gasteiger partial charge in [-0.25, -0.2) is 0 Å². The predicted octanol–water partition coefficient (Wildman–Crippen LogP) is 1.55. The lowest BCUT2D eigenvalue weighted by Gasteiger charge is -2.22. The maximum absolute atomic E-state index is 11.7. The molecule has 1 unspecified atom stereocenters. The molecule has 1 aromatic heterocycles. The molecule has 0 spiro atoms. The van der Waals surface area contributed by atoms with Crippen LogP contribution >= 0.6 is 12.4 Å². The molecule has 2 heterocycles. The fourth-order valence-corrected chi connectivity index (χ4v) is 2.34. The van der Waals surface area contributed by atoms with E-state index in [-0.39, 0.29) is 18.3 Å². The normalized spacial score (nSPS) is 18.4. The Balaban J connectivity index is 0.00000180. The molecule has 1 aromatic rings. The third-order valence-corrected chi connectivity index (χ3v) is 3.36. The van der Waals surface area contributed by atoms with E-state index in [1.807, 2.05) is 12.1 Å². The monoisotopic (exact) mass is 283 g/mol. The first-order chi connectivity index (χ1) is 8.84. The van der Waals surface area contributed by atoms with Crippen molar-refractivity contribution < 1.29 is 4.79 Å². The first kappa shape index (κ1) is 15.9. The van der Waals surface area contributed by atoms with E-state index in [9.17, 15) is 4.79 Å². The second-order valence-electron chi connectivity index (χ2n) is 4.89. The minimum absolute atomic E-state index is 0. The van der Waals surface area contributed by atoms with Gasteiger partial charge < -0.3 is 10.6 Å². The summed E-state index contributed by atoms with van der Waals surface area (Å²) in [6.45, 7) is 3.02. The number of rotatable bonds is 5. The summed E-state index contributed by atoms with van der Waals surface area (Å²) in [6.07, 6.45) is 7.50. The van der Waals surface area contributed by atoms with Gasteiger partial charge in [-0.05, 0) is 49.9 Å². The van der Waals surface area contributed by atoms with Crippen LogP contribution in [0.3, 0.4) is 0 Å². The van der Waals surface area contributed by atoms with E-state index in [2.05, 4.69) is 15.6 Å². The summed E-state index contributed by atoms with van der Waals surface area (Å²) in [5.74, 6) is 0.809. The summed E-state index contributed by atoms with van der Waals surface area (Å²) in [5.41, 5.74) is 0.967. The molecule has 1 aliphatic heterocycles. The summed E-state index contributed by atoms with van der Waals surface area (Å²) in [5, 5.41) is 6.38. The van der Waals surface area contributed by atoms with E-state index in [0.29, 0.717) is 6.42 Å². The largest absolute Gasteiger partial charge is 0.356 e. The van der Waals surface area contributed by atoms with Crippen molar-refractivity contribution in [1.29, 1.82) is 0 Å². The van der Waals surface area contributed by atoms with Gasteiger partial charge >= 0.3 is 0 Å². The van der Waals surface area contributed by atoms with Crippen molar-refractivity contribution >= 4 is 18.3 Å². The number of nitrogens with zero attached hydrogens (tertiary/aromatic N) is 1. The molecular formula is C14H22ClN3O. The SMILES string of the molecule is Cl.O=C(Cc1cccnc1)NCCC1CCCNC1. The van der Waals surface area contributed by atoms with Crippen molar-refractivity contribution in [2.45, 2.75) is 25.7 Å². The van der Waals surface area contributed by atoms with Crippen molar-refractivity contribution in [1.82, 2.24) is 15.6 Å². The number of carbonyl (C=O) groups excluding carboxylic acids is 1. The van der Waals surface area contributed by atoms with Crippen LogP contribution in [0.15, 0.2) is 24.5 Å². The maximum atomic E-state index is 11.7. The van der Waals surface area contributed by atoms with E-state index in [1.54, 1.807) is 12.4 Å². The van der Waals surface area contributed by atoms with Crippen LogP contribution in [0.5, 0.6) is 0 Å². The van der Waals surface area contributed by atoms with Crippen LogP contribution < -0.4 is 10.6 Å². The Morgan fingerprint density at radius 2 is 2.42 bits per heavy atom. The lowest BCUT2D eigenvalue weighted by Crippen LogP contribution is -2.33. The van der Waals surface area contributed by atoms with Crippen LogP contribution in [0.25, 0.3) is 0 Å². The van der Waals surface area contributed by atoms with Gasteiger partial charge in [-0.2, -0.15) is 0 Å². The van der Waals surface area contributed by atoms with E-state index < -0.39 is 0 Å². The molecule has 0 bridgehead atoms. The van der Waals surface area contributed by atoms with Crippen molar-refractivity contribution in [2.24, 2.45) is 5.92 Å². The van der Waals surface area contributed by atoms with Crippen LogP contribution in [0.1, 0.15) is 24.8 Å². The summed E-state index contributed by atoms with van der Waals surface area (Å²) in [4.78, 5) is 15.7. The molecule has 1 atom stereocenters. The number of piperidine rings is 1. The molecule has 1 fully saturated rings. The van der Waals surface area contributed by atoms with Crippen LogP contribution in [-0.2, 0) is 11.2 Å². The Labute approximate surface area is 120 Å². The Kier molecular flexibility index (Phi) is 7.45. The summed E-state index contributed by atoms with van der Waals surface area (Å²) >= 11 is 0. The standard InChI is InChI=1S/C14H21N3O.ClH/c18-14(9-13-4-2-7-16-11-13)17-8-5-12-3-1-6-15-10-12;/h2,4,7,11-12,15H,1,3,5-6,8-10H2,(H,17,18);1H. The zero-order chi connectivity index (χ0) is 12.6. The van der Waals surface area contributed by atoms with E-state index in [4.69, 9.17) is 0 Å². The fourth-order valence-electron chi connectivity index (χ4n) is 2.34. The highest BCUT2D eigenvalue weighted by atomic mass is 35.5. The molecule has 1 amide bonds. The highest BCUT2D eigenvalue weighted by molar-refractivity contribution is 5.85. The van der Waals surface area contributed by atoms with Gasteiger partial charge in [0.25, 0.3) is 0 Å². The molecule has 0 aromatic carbocycles. The molecule has 106 valence electrons. The first-order valence-electron chi connectivity index (χ1n) is 6.71. The summed E-state index contributed by atoms with van der Waals surface area (Å²) in [7, 11) is 0. The number of halogens is 1. The van der Waals surface area contributed by atoms with Crippen molar-refractivity contribution in [3.8, 4) is 0 Å². The zero-order valence-corrected chi connectivity index (χ0v) is 11.9. The molecule has 2 N–H and O–H groups in total. The van der Waals surface area contributed by atoms with Crippen LogP contribution in [0.2, 0.25) is 0 Å². The Hall–Kier alpha value is -1.13. The molecule has 4 nitrogen and oxygen atoms in total. The van der Waals surface area contributed by atoms with Crippen LogP contribution in [0, 0.1) is 5.92 Å². The highest BCUT2D eigenvalue weighted by Gasteiger charge is 2.12. The van der Waals surface area contributed by atoms with Gasteiger partial charge in [-0.3, -0.25) is 9.78 Å². The molecule has 0 radical (unpaired) electrons. The predicted molar refractivity (Wildman–Crippen MR) is 78.4 cm³/mol. The summed E-state index contributed by atoms with van der Waals surface area (Å²) < 4.78 is 0. The minimum Gasteiger partial charge on any atom is -0.356 e. The van der Waals surface area contributed by atoms with E-state index in [0.717, 1.165) is 37.5 Å². The number of hydrogen-bond acceptors (Lipinski definition) is 3. The number of nitrogens with one attached hydrogen (secondary N) is 2. The van der Waals surface area contributed by atoms with Crippen LogP contribution in [0.4, 0.5) is 0 Å². The van der Waals surface area contributed by atoms with Gasteiger partial charge in [0.15, 0.2) is 0 Å². The molecule has 5 heteroatoms. The molecule has 0 aliphatic carbocycles. The second kappa shape index (κ2) is 8.88. The maximum Gasteiger partial charge on any atom is 0.224 e. The Morgan fingerprint density at radius 3 is 3.11 bits per heavy atom. The second-order valence-corrected chi connectivity index (χ2v) is 4.89. The van der Waals surface area contributed by atoms with Gasteiger partial charge in [0.05, 0.1) is 6.42 Å². The van der Waals surface area contributed by atoms with Crippen molar-refractivity contribution in [2.75, 3.05) is 19.6 Å². The topological polar surface area (TPSA) is 54.0 Å². The lowest BCUT2D eigenvalue weighted by molar-refractivity contribution is -0.120. The minimum atomic E-state index is 0. The third-order valence-electron chi connectivity index (χ3n) is 3.36. The van der Waals surface area contributed by atoms with Gasteiger partial charge in [-0.1, -0.05) is 6.07 Å². The molecule has 0 saturated carbocycles. The van der Waals surface area contributed by atoms with Crippen molar-refractivity contribution in [3.63, 3.8) is 0 Å². The quantitative estimate of drug-likeness (QED) is 0.862. The smallest absolute Gasteiger partial charge is 0.224 e. The van der Waals surface area contributed by atoms with Gasteiger partial charge in [0, 0.05) is 18.9 Å². The number of amides is 1. The molecule has 1 aliphatic rings.